The van der Waals surface area contributed by atoms with Gasteiger partial charge in [-0.05, 0) is 43.0 Å². The number of fused-ring (bicyclic) bond motifs is 3. The molecule has 0 N–H and O–H groups in total. The predicted molar refractivity (Wildman–Crippen MR) is 106 cm³/mol. The molecule has 0 fully saturated rings. The Morgan fingerprint density at radius 2 is 2.08 bits per heavy atom. The average molecular weight is 337 g/mol. The molecule has 124 valence electrons. The van der Waals surface area contributed by atoms with Crippen LogP contribution in [0.15, 0.2) is 59.0 Å². The molecule has 1 atom stereocenters. The highest BCUT2D eigenvalue weighted by atomic mass is 32.2. The number of aromatic nitrogens is 1. The number of hydrogen-bond donors (Lipinski definition) is 0. The monoisotopic (exact) mass is 336 g/mol. The van der Waals surface area contributed by atoms with Crippen LogP contribution in [0.25, 0.3) is 10.9 Å². The van der Waals surface area contributed by atoms with E-state index in [0.29, 0.717) is 5.92 Å². The van der Waals surface area contributed by atoms with E-state index in [0.717, 1.165) is 19.6 Å². The van der Waals surface area contributed by atoms with E-state index in [1.54, 1.807) is 0 Å². The van der Waals surface area contributed by atoms with Crippen molar-refractivity contribution < 1.29 is 0 Å². The molecule has 0 spiro atoms. The molecule has 0 saturated heterocycles. The molecule has 0 aliphatic carbocycles. The zero-order valence-corrected chi connectivity index (χ0v) is 15.5. The van der Waals surface area contributed by atoms with E-state index in [4.69, 9.17) is 0 Å². The quantitative estimate of drug-likeness (QED) is 0.734. The summed E-state index contributed by atoms with van der Waals surface area (Å²) in [6.07, 6.45) is 6.66. The largest absolute Gasteiger partial charge is 0.339 e. The highest BCUT2D eigenvalue weighted by molar-refractivity contribution is 8.02. The van der Waals surface area contributed by atoms with Gasteiger partial charge in [-0.15, -0.1) is 11.8 Å². The van der Waals surface area contributed by atoms with Gasteiger partial charge in [0.05, 0.1) is 0 Å². The molecule has 1 aromatic carbocycles. The molecule has 3 heteroatoms. The molecule has 2 nitrogen and oxygen atoms in total. The number of hydrogen-bond acceptors (Lipinski definition) is 2. The first-order valence-electron chi connectivity index (χ1n) is 8.51. The summed E-state index contributed by atoms with van der Waals surface area (Å²) in [6, 6.07) is 8.88. The van der Waals surface area contributed by atoms with Crippen molar-refractivity contribution in [1.29, 1.82) is 0 Å². The first-order chi connectivity index (χ1) is 11.6. The Morgan fingerprint density at radius 3 is 2.83 bits per heavy atom. The van der Waals surface area contributed by atoms with E-state index in [1.807, 2.05) is 17.8 Å². The van der Waals surface area contributed by atoms with Gasteiger partial charge in [0.25, 0.3) is 0 Å². The van der Waals surface area contributed by atoms with Gasteiger partial charge in [0, 0.05) is 47.1 Å². The molecule has 2 aromatic rings. The number of benzene rings is 1. The standard InChI is InChI=1S/C21H24N2S/c1-5-14(2)21(24-4)16-10-15-11-22(3)13-18-17-8-6-7-9-19(17)23(12-16)20(15)18/h5-10,15H,1,11-13H2,2-4H3/b21-14-. The Morgan fingerprint density at radius 1 is 1.29 bits per heavy atom. The minimum Gasteiger partial charge on any atom is -0.339 e. The van der Waals surface area contributed by atoms with Gasteiger partial charge >= 0.3 is 0 Å². The molecule has 1 aromatic heterocycles. The van der Waals surface area contributed by atoms with Crippen LogP contribution in [0.5, 0.6) is 0 Å². The smallest absolute Gasteiger partial charge is 0.0489 e. The SMILES string of the molecule is C=C/C(C)=C(\SC)C1=CC2CN(C)Cc3c2n(c2ccccc32)C1. The van der Waals surface area contributed by atoms with Gasteiger partial charge in [-0.1, -0.05) is 36.9 Å². The lowest BCUT2D eigenvalue weighted by Crippen LogP contribution is -2.32. The second kappa shape index (κ2) is 5.98. The molecule has 0 bridgehead atoms. The molecule has 1 unspecified atom stereocenters. The van der Waals surface area contributed by atoms with Gasteiger partial charge < -0.3 is 9.47 Å². The zero-order valence-electron chi connectivity index (χ0n) is 14.7. The minimum absolute atomic E-state index is 0.481. The van der Waals surface area contributed by atoms with E-state index in [2.05, 4.69) is 66.6 Å². The second-order valence-electron chi connectivity index (χ2n) is 6.88. The fourth-order valence-electron chi connectivity index (χ4n) is 4.30. The molecule has 24 heavy (non-hydrogen) atoms. The Labute approximate surface area is 148 Å². The van der Waals surface area contributed by atoms with Gasteiger partial charge in [0.2, 0.25) is 0 Å². The summed E-state index contributed by atoms with van der Waals surface area (Å²) in [6.45, 7) is 9.26. The topological polar surface area (TPSA) is 8.17 Å². The van der Waals surface area contributed by atoms with E-state index < -0.39 is 0 Å². The Hall–Kier alpha value is -1.71. The van der Waals surface area contributed by atoms with Gasteiger partial charge in [-0.3, -0.25) is 0 Å². The molecule has 2 aliphatic heterocycles. The molecule has 0 radical (unpaired) electrons. The van der Waals surface area contributed by atoms with E-state index in [9.17, 15) is 0 Å². The first kappa shape index (κ1) is 15.8. The maximum Gasteiger partial charge on any atom is 0.0489 e. The summed E-state index contributed by atoms with van der Waals surface area (Å²) >= 11 is 1.84. The van der Waals surface area contributed by atoms with Crippen LogP contribution in [-0.2, 0) is 13.1 Å². The number of para-hydroxylation sites is 1. The highest BCUT2D eigenvalue weighted by Gasteiger charge is 2.32. The van der Waals surface area contributed by atoms with Gasteiger partial charge in [-0.25, -0.2) is 0 Å². The summed E-state index contributed by atoms with van der Waals surface area (Å²) in [4.78, 5) is 3.83. The average Bonchev–Trinajstić information content (AvgIpc) is 2.90. The van der Waals surface area contributed by atoms with Crippen molar-refractivity contribution in [3.63, 3.8) is 0 Å². The second-order valence-corrected chi connectivity index (χ2v) is 7.70. The molecular weight excluding hydrogens is 312 g/mol. The number of thioether (sulfide) groups is 1. The minimum atomic E-state index is 0.481. The van der Waals surface area contributed by atoms with Crippen LogP contribution in [0.3, 0.4) is 0 Å². The summed E-state index contributed by atoms with van der Waals surface area (Å²) in [5, 5.41) is 1.42. The number of likely N-dealkylation sites (N-methyl/N-ethyl adjacent to an activating group) is 1. The fourth-order valence-corrected chi connectivity index (χ4v) is 5.10. The molecule has 4 rings (SSSR count). The summed E-state index contributed by atoms with van der Waals surface area (Å²) in [5.41, 5.74) is 7.16. The molecule has 2 aliphatic rings. The van der Waals surface area contributed by atoms with Crippen molar-refractivity contribution in [1.82, 2.24) is 9.47 Å². The number of allylic oxidation sites excluding steroid dienone is 3. The predicted octanol–water partition coefficient (Wildman–Crippen LogP) is 4.93. The third-order valence-electron chi connectivity index (χ3n) is 5.30. The van der Waals surface area contributed by atoms with Crippen molar-refractivity contribution in [3.8, 4) is 0 Å². The van der Waals surface area contributed by atoms with Gasteiger partial charge in [0.15, 0.2) is 0 Å². The Bertz CT molecular complexity index is 885. The fraction of sp³-hybridized carbons (Fsp3) is 0.333. The third-order valence-corrected chi connectivity index (χ3v) is 6.29. The van der Waals surface area contributed by atoms with Crippen LogP contribution < -0.4 is 0 Å². The highest BCUT2D eigenvalue weighted by Crippen LogP contribution is 2.42. The Balaban J connectivity index is 1.93. The summed E-state index contributed by atoms with van der Waals surface area (Å²) < 4.78 is 2.56. The van der Waals surface area contributed by atoms with Gasteiger partial charge in [-0.2, -0.15) is 0 Å². The van der Waals surface area contributed by atoms with Crippen LogP contribution >= 0.6 is 11.8 Å². The summed E-state index contributed by atoms with van der Waals surface area (Å²) in [5.74, 6) is 0.481. The van der Waals surface area contributed by atoms with Crippen LogP contribution in [0, 0.1) is 0 Å². The first-order valence-corrected chi connectivity index (χ1v) is 9.73. The summed E-state index contributed by atoms with van der Waals surface area (Å²) in [7, 11) is 2.23. The maximum atomic E-state index is 3.97. The van der Waals surface area contributed by atoms with Crippen molar-refractivity contribution in [2.24, 2.45) is 0 Å². The van der Waals surface area contributed by atoms with Crippen molar-refractivity contribution in [3.05, 3.63) is 70.3 Å². The lowest BCUT2D eigenvalue weighted by Gasteiger charge is -2.34. The van der Waals surface area contributed by atoms with E-state index in [-0.39, 0.29) is 0 Å². The van der Waals surface area contributed by atoms with Crippen LogP contribution in [0.4, 0.5) is 0 Å². The zero-order chi connectivity index (χ0) is 16.8. The van der Waals surface area contributed by atoms with Crippen LogP contribution in [0.1, 0.15) is 24.1 Å². The molecule has 0 saturated carbocycles. The van der Waals surface area contributed by atoms with E-state index >= 15 is 0 Å². The lowest BCUT2D eigenvalue weighted by molar-refractivity contribution is 0.291. The molecule has 0 amide bonds. The molecular formula is C21H24N2S. The van der Waals surface area contributed by atoms with Crippen LogP contribution in [0.2, 0.25) is 0 Å². The lowest BCUT2D eigenvalue weighted by atomic mass is 9.90. The van der Waals surface area contributed by atoms with Gasteiger partial charge in [0.1, 0.15) is 0 Å². The number of rotatable bonds is 3. The Kier molecular flexibility index (Phi) is 3.93. The van der Waals surface area contributed by atoms with E-state index in [1.165, 1.54) is 38.2 Å². The third kappa shape index (κ3) is 2.30. The van der Waals surface area contributed by atoms with Crippen molar-refractivity contribution in [2.45, 2.75) is 25.9 Å². The molecule has 3 heterocycles. The van der Waals surface area contributed by atoms with Crippen molar-refractivity contribution in [2.75, 3.05) is 19.8 Å². The maximum absolute atomic E-state index is 3.97. The van der Waals surface area contributed by atoms with Crippen molar-refractivity contribution >= 4 is 22.7 Å². The van der Waals surface area contributed by atoms with Crippen LogP contribution in [-0.4, -0.2) is 29.3 Å². The normalized spacial score (nSPS) is 21.3. The number of nitrogens with zero attached hydrogens (tertiary/aromatic N) is 2.